The number of hydrogen-bond acceptors (Lipinski definition) is 6. The Balaban J connectivity index is 2.73. The predicted octanol–water partition coefficient (Wildman–Crippen LogP) is 3.65. The fourth-order valence-corrected chi connectivity index (χ4v) is 1.93. The van der Waals surface area contributed by atoms with Gasteiger partial charge in [0.15, 0.2) is 11.4 Å². The number of non-ortho nitro benzene ring substituents is 1. The van der Waals surface area contributed by atoms with Crippen LogP contribution in [0.2, 0.25) is 0 Å². The van der Waals surface area contributed by atoms with E-state index in [1.54, 1.807) is 6.07 Å². The van der Waals surface area contributed by atoms with Crippen molar-refractivity contribution < 1.29 is 9.34 Å². The minimum atomic E-state index is -0.461. The summed E-state index contributed by atoms with van der Waals surface area (Å²) < 4.78 is 5.81. The quantitative estimate of drug-likeness (QED) is 0.674. The third-order valence-electron chi connectivity index (χ3n) is 2.73. The highest BCUT2D eigenvalue weighted by molar-refractivity contribution is 5.76. The molecular weight excluding hydrogens is 296 g/mol. The molecule has 0 saturated carbocycles. The average Bonchev–Trinajstić information content (AvgIpc) is 2.35. The first-order chi connectivity index (χ1) is 10.4. The van der Waals surface area contributed by atoms with E-state index in [2.05, 4.69) is 15.3 Å². The number of fused-ring (bicyclic) bond motifs is 1. The molecule has 0 unspecified atom stereocenters. The lowest BCUT2D eigenvalue weighted by Crippen LogP contribution is -2.31. The zero-order valence-electron chi connectivity index (χ0n) is 14.3. The van der Waals surface area contributed by atoms with Gasteiger partial charge >= 0.3 is 0 Å². The smallest absolute Gasteiger partial charge is 0.273 e. The summed E-state index contributed by atoms with van der Waals surface area (Å²) in [6.45, 7) is 11.9. The second kappa shape index (κ2) is 5.64. The van der Waals surface area contributed by atoms with Crippen LogP contribution < -0.4 is 10.9 Å². The number of nitrogens with zero attached hydrogens (tertiary/aromatic N) is 3. The number of anilines is 1. The molecule has 0 aliphatic heterocycles. The van der Waals surface area contributed by atoms with Gasteiger partial charge in [0.2, 0.25) is 0 Å². The lowest BCUT2D eigenvalue weighted by Gasteiger charge is -2.21. The van der Waals surface area contributed by atoms with Crippen LogP contribution in [0.1, 0.15) is 41.5 Å². The van der Waals surface area contributed by atoms with Crippen molar-refractivity contribution in [2.24, 2.45) is 4.99 Å². The van der Waals surface area contributed by atoms with Gasteiger partial charge in [-0.05, 0) is 47.6 Å². The molecule has 0 aliphatic carbocycles. The first-order valence-corrected chi connectivity index (χ1v) is 7.38. The highest BCUT2D eigenvalue weighted by atomic mass is 16.6. The number of hydrogen-bond donors (Lipinski definition) is 1. The Kier molecular flexibility index (Phi) is 4.15. The van der Waals surface area contributed by atoms with E-state index in [1.807, 2.05) is 41.5 Å². The lowest BCUT2D eigenvalue weighted by atomic mass is 10.1. The van der Waals surface area contributed by atoms with Crippen LogP contribution in [0.5, 0.6) is 0 Å². The zero-order chi connectivity index (χ0) is 17.4. The second-order valence-corrected chi connectivity index (χ2v) is 7.43. The Morgan fingerprint density at radius 2 is 1.87 bits per heavy atom. The van der Waals surface area contributed by atoms with Crippen LogP contribution in [0.25, 0.3) is 11.1 Å². The molecule has 2 rings (SSSR count). The molecule has 1 aromatic carbocycles. The van der Waals surface area contributed by atoms with Gasteiger partial charge < -0.3 is 9.73 Å². The monoisotopic (exact) mass is 318 g/mol. The van der Waals surface area contributed by atoms with E-state index in [4.69, 9.17) is 4.42 Å². The van der Waals surface area contributed by atoms with Crippen LogP contribution in [0.3, 0.4) is 0 Å². The zero-order valence-corrected chi connectivity index (χ0v) is 14.3. The molecule has 0 aliphatic rings. The van der Waals surface area contributed by atoms with Crippen LogP contribution in [-0.4, -0.2) is 21.0 Å². The minimum Gasteiger partial charge on any atom is -0.434 e. The van der Waals surface area contributed by atoms with E-state index in [0.29, 0.717) is 22.5 Å². The molecule has 0 saturated heterocycles. The molecule has 1 N–H and O–H groups in total. The largest absolute Gasteiger partial charge is 0.434 e. The molecule has 0 amide bonds. The van der Waals surface area contributed by atoms with Gasteiger partial charge in [-0.25, -0.2) is 9.98 Å². The van der Waals surface area contributed by atoms with E-state index in [0.717, 1.165) is 0 Å². The predicted molar refractivity (Wildman–Crippen MR) is 89.4 cm³/mol. The number of aromatic nitrogens is 1. The summed E-state index contributed by atoms with van der Waals surface area (Å²) in [4.78, 5) is 19.5. The average molecular weight is 318 g/mol. The molecule has 1 aromatic heterocycles. The molecular formula is C16H22N4O3. The van der Waals surface area contributed by atoms with Gasteiger partial charge in [0.25, 0.3) is 11.2 Å². The van der Waals surface area contributed by atoms with Gasteiger partial charge in [0.1, 0.15) is 5.52 Å². The Labute approximate surface area is 134 Å². The van der Waals surface area contributed by atoms with E-state index in [-0.39, 0.29) is 16.8 Å². The Morgan fingerprint density at radius 1 is 1.22 bits per heavy atom. The van der Waals surface area contributed by atoms with Crippen LogP contribution in [0.15, 0.2) is 27.6 Å². The Bertz CT molecular complexity index is 811. The third kappa shape index (κ3) is 4.51. The van der Waals surface area contributed by atoms with Gasteiger partial charge in [0, 0.05) is 11.6 Å². The Hall–Kier alpha value is -2.44. The van der Waals surface area contributed by atoms with E-state index in [9.17, 15) is 10.1 Å². The van der Waals surface area contributed by atoms with Crippen LogP contribution in [-0.2, 0) is 0 Å². The highest BCUT2D eigenvalue weighted by Crippen LogP contribution is 2.20. The SMILES string of the molecule is CC(C)(C)N=c1oc2cc([N+](=O)[O-])ccc2nc1NC(C)(C)C. The van der Waals surface area contributed by atoms with Gasteiger partial charge in [-0.2, -0.15) is 0 Å². The summed E-state index contributed by atoms with van der Waals surface area (Å²) >= 11 is 0. The van der Waals surface area contributed by atoms with Crippen LogP contribution in [0.4, 0.5) is 11.5 Å². The summed E-state index contributed by atoms with van der Waals surface area (Å²) in [5.74, 6) is 0.522. The topological polar surface area (TPSA) is 93.6 Å². The van der Waals surface area contributed by atoms with E-state index in [1.165, 1.54) is 12.1 Å². The highest BCUT2D eigenvalue weighted by Gasteiger charge is 2.17. The molecule has 23 heavy (non-hydrogen) atoms. The van der Waals surface area contributed by atoms with Crippen molar-refractivity contribution in [2.45, 2.75) is 52.6 Å². The number of rotatable bonds is 2. The minimum absolute atomic E-state index is 0.0405. The van der Waals surface area contributed by atoms with E-state index >= 15 is 0 Å². The summed E-state index contributed by atoms with van der Waals surface area (Å²) in [7, 11) is 0. The molecule has 0 atom stereocenters. The number of nitro benzene ring substituents is 1. The molecule has 7 nitrogen and oxygen atoms in total. The molecule has 0 spiro atoms. The van der Waals surface area contributed by atoms with Crippen LogP contribution in [0, 0.1) is 10.1 Å². The number of nitro groups is 1. The second-order valence-electron chi connectivity index (χ2n) is 7.43. The molecule has 7 heteroatoms. The summed E-state index contributed by atoms with van der Waals surface area (Å²) in [6, 6.07) is 4.35. The van der Waals surface area contributed by atoms with Gasteiger partial charge in [-0.15, -0.1) is 0 Å². The van der Waals surface area contributed by atoms with Crippen molar-refractivity contribution >= 4 is 22.6 Å². The number of nitrogens with one attached hydrogen (secondary N) is 1. The molecule has 0 fully saturated rings. The summed E-state index contributed by atoms with van der Waals surface area (Å²) in [6.07, 6.45) is 0. The van der Waals surface area contributed by atoms with Crippen molar-refractivity contribution in [3.8, 4) is 0 Å². The third-order valence-corrected chi connectivity index (χ3v) is 2.73. The number of benzene rings is 1. The van der Waals surface area contributed by atoms with Crippen molar-refractivity contribution in [3.63, 3.8) is 0 Å². The van der Waals surface area contributed by atoms with Gasteiger partial charge in [-0.1, -0.05) is 0 Å². The first kappa shape index (κ1) is 16.9. The lowest BCUT2D eigenvalue weighted by molar-refractivity contribution is -0.384. The van der Waals surface area contributed by atoms with Crippen LogP contribution >= 0.6 is 0 Å². The van der Waals surface area contributed by atoms with Crippen molar-refractivity contribution in [2.75, 3.05) is 5.32 Å². The normalized spacial score (nSPS) is 13.4. The molecule has 0 bridgehead atoms. The Morgan fingerprint density at radius 3 is 2.39 bits per heavy atom. The van der Waals surface area contributed by atoms with Crippen molar-refractivity contribution in [1.82, 2.24) is 4.98 Å². The standard InChI is InChI=1S/C16H22N4O3/c1-15(2,3)18-13-14(19-16(4,5)6)23-12-9-10(20(21)22)7-8-11(12)17-13/h7-9H,1-6H3,(H,17,18). The van der Waals surface area contributed by atoms with E-state index < -0.39 is 4.92 Å². The van der Waals surface area contributed by atoms with Crippen molar-refractivity contribution in [1.29, 1.82) is 0 Å². The van der Waals surface area contributed by atoms with Gasteiger partial charge in [0.05, 0.1) is 16.5 Å². The maximum atomic E-state index is 10.9. The molecule has 124 valence electrons. The molecule has 0 radical (unpaired) electrons. The van der Waals surface area contributed by atoms with Crippen molar-refractivity contribution in [3.05, 3.63) is 33.9 Å². The van der Waals surface area contributed by atoms with Gasteiger partial charge in [-0.3, -0.25) is 10.1 Å². The summed E-state index contributed by atoms with van der Waals surface area (Å²) in [5.41, 5.74) is 0.575. The maximum Gasteiger partial charge on any atom is 0.273 e. The first-order valence-electron chi connectivity index (χ1n) is 7.38. The fourth-order valence-electron chi connectivity index (χ4n) is 1.93. The summed E-state index contributed by atoms with van der Waals surface area (Å²) in [5, 5.41) is 14.2. The maximum absolute atomic E-state index is 10.9. The molecule has 1 heterocycles. The fraction of sp³-hybridized carbons (Fsp3) is 0.500. The molecule has 2 aromatic rings.